The van der Waals surface area contributed by atoms with E-state index in [9.17, 15) is 18.0 Å². The Hall–Kier alpha value is -2.91. The van der Waals surface area contributed by atoms with Crippen molar-refractivity contribution in [3.63, 3.8) is 0 Å². The lowest BCUT2D eigenvalue weighted by molar-refractivity contribution is -0.123. The van der Waals surface area contributed by atoms with Gasteiger partial charge >= 0.3 is 0 Å². The quantitative estimate of drug-likeness (QED) is 0.639. The molecule has 0 aromatic heterocycles. The molecule has 0 spiro atoms. The monoisotopic (exact) mass is 391 g/mol. The van der Waals surface area contributed by atoms with Crippen molar-refractivity contribution in [2.45, 2.75) is 24.8 Å². The maximum absolute atomic E-state index is 12.3. The molecule has 0 radical (unpaired) electrons. The number of methoxy groups -OCH3 is 1. The van der Waals surface area contributed by atoms with Crippen LogP contribution < -0.4 is 20.3 Å². The molecule has 144 valence electrons. The molecule has 2 rings (SSSR count). The Labute approximate surface area is 157 Å². The van der Waals surface area contributed by atoms with E-state index in [1.165, 1.54) is 38.3 Å². The highest BCUT2D eigenvalue weighted by Gasteiger charge is 2.22. The molecule has 27 heavy (non-hydrogen) atoms. The maximum Gasteiger partial charge on any atom is 0.269 e. The molecule has 1 atom stereocenters. The van der Waals surface area contributed by atoms with Crippen LogP contribution in [0.1, 0.15) is 22.8 Å². The molecule has 9 heteroatoms. The predicted octanol–water partition coefficient (Wildman–Crippen LogP) is 1.13. The fraction of sp³-hybridized carbons (Fsp3) is 0.222. The maximum atomic E-state index is 12.3. The number of aryl methyl sites for hydroxylation is 1. The minimum absolute atomic E-state index is 0.00774. The van der Waals surface area contributed by atoms with Crippen LogP contribution in [0, 0.1) is 6.92 Å². The van der Waals surface area contributed by atoms with Crippen LogP contribution >= 0.6 is 0 Å². The van der Waals surface area contributed by atoms with Crippen molar-refractivity contribution in [1.82, 2.24) is 15.6 Å². The standard InChI is InChI=1S/C18H21N3O5S/c1-12-4-6-14(7-5-12)18(23)20-19-17(22)13(2)21-27(24,25)16-10-8-15(26-3)9-11-16/h4-11,13,21H,1-3H3,(H,19,22)(H,20,23)/t13-/m0/s1. The lowest BCUT2D eigenvalue weighted by Gasteiger charge is -2.15. The van der Waals surface area contributed by atoms with E-state index < -0.39 is 27.9 Å². The third kappa shape index (κ3) is 5.53. The number of benzene rings is 2. The van der Waals surface area contributed by atoms with Crippen molar-refractivity contribution in [3.05, 3.63) is 59.7 Å². The molecule has 2 aromatic carbocycles. The Morgan fingerprint density at radius 3 is 2.11 bits per heavy atom. The van der Waals surface area contributed by atoms with Gasteiger partial charge in [0.2, 0.25) is 10.0 Å². The molecule has 8 nitrogen and oxygen atoms in total. The Balaban J connectivity index is 1.93. The van der Waals surface area contributed by atoms with Gasteiger partial charge in [-0.15, -0.1) is 0 Å². The summed E-state index contributed by atoms with van der Waals surface area (Å²) < 4.78 is 31.9. The highest BCUT2D eigenvalue weighted by molar-refractivity contribution is 7.89. The minimum Gasteiger partial charge on any atom is -0.497 e. The number of carbonyl (C=O) groups is 2. The number of amides is 2. The molecule has 2 aromatic rings. The predicted molar refractivity (Wildman–Crippen MR) is 99.6 cm³/mol. The highest BCUT2D eigenvalue weighted by atomic mass is 32.2. The van der Waals surface area contributed by atoms with Crippen LogP contribution in [0.5, 0.6) is 5.75 Å². The van der Waals surface area contributed by atoms with E-state index in [0.29, 0.717) is 11.3 Å². The van der Waals surface area contributed by atoms with Gasteiger partial charge in [-0.05, 0) is 50.2 Å². The lowest BCUT2D eigenvalue weighted by atomic mass is 10.1. The first-order valence-corrected chi connectivity index (χ1v) is 9.54. The molecule has 0 fully saturated rings. The zero-order chi connectivity index (χ0) is 20.0. The third-order valence-corrected chi connectivity index (χ3v) is 5.26. The van der Waals surface area contributed by atoms with Crippen molar-refractivity contribution >= 4 is 21.8 Å². The zero-order valence-electron chi connectivity index (χ0n) is 15.1. The van der Waals surface area contributed by atoms with Gasteiger partial charge < -0.3 is 4.74 Å². The molecule has 0 heterocycles. The topological polar surface area (TPSA) is 114 Å². The molecule has 0 saturated carbocycles. The van der Waals surface area contributed by atoms with E-state index in [4.69, 9.17) is 4.74 Å². The van der Waals surface area contributed by atoms with E-state index in [1.807, 2.05) is 6.92 Å². The number of sulfonamides is 1. The molecule has 0 unspecified atom stereocenters. The molecule has 0 aliphatic carbocycles. The van der Waals surface area contributed by atoms with Gasteiger partial charge in [0.1, 0.15) is 5.75 Å². The van der Waals surface area contributed by atoms with E-state index in [1.54, 1.807) is 24.3 Å². The first-order valence-electron chi connectivity index (χ1n) is 8.06. The van der Waals surface area contributed by atoms with Gasteiger partial charge in [-0.2, -0.15) is 4.72 Å². The summed E-state index contributed by atoms with van der Waals surface area (Å²) in [6.07, 6.45) is 0. The summed E-state index contributed by atoms with van der Waals surface area (Å²) in [5.74, 6) is -0.695. The van der Waals surface area contributed by atoms with Gasteiger partial charge in [0.05, 0.1) is 18.0 Å². The molecule has 2 amide bonds. The molecular formula is C18H21N3O5S. The van der Waals surface area contributed by atoms with Gasteiger partial charge in [0.15, 0.2) is 0 Å². The number of rotatable bonds is 6. The first-order chi connectivity index (χ1) is 12.7. The highest BCUT2D eigenvalue weighted by Crippen LogP contribution is 2.15. The average Bonchev–Trinajstić information content (AvgIpc) is 2.66. The van der Waals surface area contributed by atoms with Crippen LogP contribution in [0.15, 0.2) is 53.4 Å². The number of nitrogens with one attached hydrogen (secondary N) is 3. The van der Waals surface area contributed by atoms with Gasteiger partial charge in [0, 0.05) is 5.56 Å². The molecule has 0 saturated heterocycles. The smallest absolute Gasteiger partial charge is 0.269 e. The second kappa shape index (κ2) is 8.65. The Morgan fingerprint density at radius 2 is 1.56 bits per heavy atom. The van der Waals surface area contributed by atoms with Crippen LogP contribution in [0.2, 0.25) is 0 Å². The van der Waals surface area contributed by atoms with Gasteiger partial charge in [-0.25, -0.2) is 8.42 Å². The van der Waals surface area contributed by atoms with Crippen molar-refractivity contribution in [3.8, 4) is 5.75 Å². The number of hydrogen-bond donors (Lipinski definition) is 3. The summed E-state index contributed by atoms with van der Waals surface area (Å²) in [5.41, 5.74) is 5.82. The largest absolute Gasteiger partial charge is 0.497 e. The molecule has 3 N–H and O–H groups in total. The first kappa shape index (κ1) is 20.4. The number of carbonyl (C=O) groups excluding carboxylic acids is 2. The Morgan fingerprint density at radius 1 is 0.963 bits per heavy atom. The fourth-order valence-corrected chi connectivity index (χ4v) is 3.32. The second-order valence-corrected chi connectivity index (χ2v) is 7.54. The fourth-order valence-electron chi connectivity index (χ4n) is 2.11. The number of hydrazine groups is 1. The van der Waals surface area contributed by atoms with Crippen LogP contribution in [0.3, 0.4) is 0 Å². The molecule has 0 aliphatic heterocycles. The lowest BCUT2D eigenvalue weighted by Crippen LogP contribution is -2.51. The molecule has 0 aliphatic rings. The second-order valence-electron chi connectivity index (χ2n) is 5.83. The van der Waals surface area contributed by atoms with Crippen molar-refractivity contribution in [2.75, 3.05) is 7.11 Å². The van der Waals surface area contributed by atoms with Gasteiger partial charge in [0.25, 0.3) is 11.8 Å². The average molecular weight is 391 g/mol. The van der Waals surface area contributed by atoms with Crippen molar-refractivity contribution in [1.29, 1.82) is 0 Å². The summed E-state index contributed by atoms with van der Waals surface area (Å²) in [7, 11) is -2.43. The Kier molecular flexibility index (Phi) is 6.54. The van der Waals surface area contributed by atoms with E-state index in [2.05, 4.69) is 15.6 Å². The SMILES string of the molecule is COc1ccc(S(=O)(=O)N[C@@H](C)C(=O)NNC(=O)c2ccc(C)cc2)cc1. The molecule has 0 bridgehead atoms. The van der Waals surface area contributed by atoms with E-state index in [0.717, 1.165) is 5.56 Å². The summed E-state index contributed by atoms with van der Waals surface area (Å²) in [6.45, 7) is 3.26. The zero-order valence-corrected chi connectivity index (χ0v) is 16.0. The summed E-state index contributed by atoms with van der Waals surface area (Å²) in [5, 5.41) is 0. The van der Waals surface area contributed by atoms with E-state index in [-0.39, 0.29) is 4.90 Å². The number of ether oxygens (including phenoxy) is 1. The van der Waals surface area contributed by atoms with Crippen LogP contribution in [0.4, 0.5) is 0 Å². The summed E-state index contributed by atoms with van der Waals surface area (Å²) in [6, 6.07) is 11.4. The van der Waals surface area contributed by atoms with Crippen LogP contribution in [0.25, 0.3) is 0 Å². The van der Waals surface area contributed by atoms with Crippen molar-refractivity contribution < 1.29 is 22.7 Å². The minimum atomic E-state index is -3.90. The Bertz CT molecular complexity index is 909. The van der Waals surface area contributed by atoms with E-state index >= 15 is 0 Å². The third-order valence-electron chi connectivity index (χ3n) is 3.71. The molecular weight excluding hydrogens is 370 g/mol. The number of hydrogen-bond acceptors (Lipinski definition) is 5. The normalized spacial score (nSPS) is 12.1. The van der Waals surface area contributed by atoms with Gasteiger partial charge in [-0.1, -0.05) is 17.7 Å². The van der Waals surface area contributed by atoms with Crippen LogP contribution in [-0.4, -0.2) is 33.4 Å². The van der Waals surface area contributed by atoms with Crippen molar-refractivity contribution in [2.24, 2.45) is 0 Å². The van der Waals surface area contributed by atoms with Gasteiger partial charge in [-0.3, -0.25) is 20.4 Å². The summed E-state index contributed by atoms with van der Waals surface area (Å²) in [4.78, 5) is 24.0. The van der Waals surface area contributed by atoms with Crippen LogP contribution in [-0.2, 0) is 14.8 Å². The summed E-state index contributed by atoms with van der Waals surface area (Å²) >= 11 is 0.